The molecule has 0 amide bonds. The molecule has 0 aromatic heterocycles. The Kier molecular flexibility index (Phi) is 5.93. The van der Waals surface area contributed by atoms with Gasteiger partial charge in [-0.3, -0.25) is 0 Å². The standard InChI is InChI=1S/C10H22S/c1-6-11(5)8-10(4)7-9(2)3/h6,9-10H,7-8H2,1-5H3. The van der Waals surface area contributed by atoms with Gasteiger partial charge in [0.25, 0.3) is 0 Å². The van der Waals surface area contributed by atoms with Crippen LogP contribution in [0.5, 0.6) is 0 Å². The largest absolute Gasteiger partial charge is 0.193 e. The molecular weight excluding hydrogens is 152 g/mol. The summed E-state index contributed by atoms with van der Waals surface area (Å²) in [4.78, 5) is 0. The number of hydrogen-bond donors (Lipinski definition) is 0. The van der Waals surface area contributed by atoms with E-state index in [2.05, 4.69) is 39.3 Å². The van der Waals surface area contributed by atoms with Crippen LogP contribution in [-0.2, 0) is 0 Å². The van der Waals surface area contributed by atoms with E-state index in [0.29, 0.717) is 10.5 Å². The van der Waals surface area contributed by atoms with Crippen LogP contribution >= 0.6 is 10.5 Å². The maximum atomic E-state index is 2.37. The van der Waals surface area contributed by atoms with Crippen molar-refractivity contribution in [3.63, 3.8) is 0 Å². The van der Waals surface area contributed by atoms with Gasteiger partial charge in [-0.05, 0) is 37.2 Å². The SMILES string of the molecule is C/C=S(/C)CC(C)CC(C)C. The highest BCUT2D eigenvalue weighted by atomic mass is 32.2. The van der Waals surface area contributed by atoms with Crippen molar-refractivity contribution in [1.82, 2.24) is 0 Å². The molecule has 2 unspecified atom stereocenters. The zero-order chi connectivity index (χ0) is 8.85. The average molecular weight is 174 g/mol. The predicted octanol–water partition coefficient (Wildman–Crippen LogP) is 3.39. The lowest BCUT2D eigenvalue weighted by atomic mass is 10.0. The lowest BCUT2D eigenvalue weighted by Crippen LogP contribution is -2.03. The molecule has 1 heteroatoms. The summed E-state index contributed by atoms with van der Waals surface area (Å²) >= 11 is 0. The molecule has 0 nitrogen and oxygen atoms in total. The summed E-state index contributed by atoms with van der Waals surface area (Å²) in [6, 6.07) is 0. The van der Waals surface area contributed by atoms with Gasteiger partial charge in [0.2, 0.25) is 0 Å². The third kappa shape index (κ3) is 6.61. The van der Waals surface area contributed by atoms with E-state index in [0.717, 1.165) is 11.8 Å². The molecule has 0 aliphatic rings. The normalized spacial score (nSPS) is 17.3. The van der Waals surface area contributed by atoms with Crippen LogP contribution in [0.2, 0.25) is 0 Å². The van der Waals surface area contributed by atoms with Crippen LogP contribution in [0.15, 0.2) is 0 Å². The molecule has 68 valence electrons. The van der Waals surface area contributed by atoms with E-state index in [1.165, 1.54) is 12.2 Å². The van der Waals surface area contributed by atoms with Gasteiger partial charge in [-0.15, -0.1) is 0 Å². The van der Waals surface area contributed by atoms with Crippen LogP contribution in [0.3, 0.4) is 0 Å². The summed E-state index contributed by atoms with van der Waals surface area (Å²) in [7, 11) is 0.551. The highest BCUT2D eigenvalue weighted by Gasteiger charge is 2.04. The zero-order valence-corrected chi connectivity index (χ0v) is 9.37. The maximum Gasteiger partial charge on any atom is -0.00970 e. The minimum atomic E-state index is 0.551. The fraction of sp³-hybridized carbons (Fsp3) is 0.900. The molecule has 0 heterocycles. The van der Waals surface area contributed by atoms with Crippen LogP contribution in [0.25, 0.3) is 0 Å². The van der Waals surface area contributed by atoms with Crippen LogP contribution in [0.1, 0.15) is 34.1 Å². The Hall–Kier alpha value is 0.220. The molecule has 0 rings (SSSR count). The highest BCUT2D eigenvalue weighted by Crippen LogP contribution is 2.18. The van der Waals surface area contributed by atoms with Crippen LogP contribution < -0.4 is 0 Å². The van der Waals surface area contributed by atoms with E-state index in [1.807, 2.05) is 0 Å². The van der Waals surface area contributed by atoms with Gasteiger partial charge in [0.1, 0.15) is 0 Å². The third-order valence-electron chi connectivity index (χ3n) is 1.82. The van der Waals surface area contributed by atoms with Crippen LogP contribution in [0, 0.1) is 11.8 Å². The summed E-state index contributed by atoms with van der Waals surface area (Å²) in [5.74, 6) is 3.15. The average Bonchev–Trinajstić information content (AvgIpc) is 1.85. The molecule has 0 aliphatic carbocycles. The Morgan fingerprint density at radius 2 is 1.82 bits per heavy atom. The molecule has 0 bridgehead atoms. The van der Waals surface area contributed by atoms with Crippen molar-refractivity contribution in [3.8, 4) is 0 Å². The van der Waals surface area contributed by atoms with Crippen molar-refractivity contribution in [2.24, 2.45) is 11.8 Å². The predicted molar refractivity (Wildman–Crippen MR) is 58.7 cm³/mol. The summed E-state index contributed by atoms with van der Waals surface area (Å²) in [6.45, 7) is 9.15. The van der Waals surface area contributed by atoms with E-state index in [9.17, 15) is 0 Å². The van der Waals surface area contributed by atoms with Crippen LogP contribution in [0.4, 0.5) is 0 Å². The Balaban J connectivity index is 3.60. The molecule has 0 aromatic carbocycles. The molecule has 0 saturated carbocycles. The van der Waals surface area contributed by atoms with E-state index in [4.69, 9.17) is 0 Å². The second kappa shape index (κ2) is 5.82. The second-order valence-corrected chi connectivity index (χ2v) is 6.01. The van der Waals surface area contributed by atoms with Gasteiger partial charge in [-0.25, -0.2) is 0 Å². The minimum absolute atomic E-state index is 0.551. The zero-order valence-electron chi connectivity index (χ0n) is 8.55. The third-order valence-corrected chi connectivity index (χ3v) is 3.72. The topological polar surface area (TPSA) is 0 Å². The van der Waals surface area contributed by atoms with Crippen molar-refractivity contribution >= 4 is 15.9 Å². The van der Waals surface area contributed by atoms with E-state index >= 15 is 0 Å². The van der Waals surface area contributed by atoms with Gasteiger partial charge in [0.05, 0.1) is 0 Å². The maximum absolute atomic E-state index is 2.37. The van der Waals surface area contributed by atoms with E-state index in [1.54, 1.807) is 0 Å². The van der Waals surface area contributed by atoms with E-state index in [-0.39, 0.29) is 0 Å². The highest BCUT2D eigenvalue weighted by molar-refractivity contribution is 8.14. The lowest BCUT2D eigenvalue weighted by molar-refractivity contribution is 0.475. The summed E-state index contributed by atoms with van der Waals surface area (Å²) in [5, 5.41) is 2.33. The van der Waals surface area contributed by atoms with Crippen molar-refractivity contribution in [2.45, 2.75) is 34.1 Å². The van der Waals surface area contributed by atoms with Gasteiger partial charge >= 0.3 is 0 Å². The monoisotopic (exact) mass is 174 g/mol. The van der Waals surface area contributed by atoms with Crippen molar-refractivity contribution in [2.75, 3.05) is 12.0 Å². The summed E-state index contributed by atoms with van der Waals surface area (Å²) < 4.78 is 0. The number of rotatable bonds is 4. The van der Waals surface area contributed by atoms with E-state index < -0.39 is 0 Å². The quantitative estimate of drug-likeness (QED) is 0.573. The molecule has 0 N–H and O–H groups in total. The van der Waals surface area contributed by atoms with Gasteiger partial charge in [0, 0.05) is 0 Å². The molecule has 0 spiro atoms. The molecular formula is C10H22S. The van der Waals surface area contributed by atoms with Crippen molar-refractivity contribution < 1.29 is 0 Å². The fourth-order valence-electron chi connectivity index (χ4n) is 1.42. The van der Waals surface area contributed by atoms with Crippen molar-refractivity contribution in [3.05, 3.63) is 0 Å². The second-order valence-electron chi connectivity index (χ2n) is 3.83. The van der Waals surface area contributed by atoms with Gasteiger partial charge in [0.15, 0.2) is 0 Å². The molecule has 0 saturated heterocycles. The molecule has 0 aliphatic heterocycles. The number of hydrogen-bond acceptors (Lipinski definition) is 0. The fourth-order valence-corrected chi connectivity index (χ4v) is 2.64. The van der Waals surface area contributed by atoms with Crippen LogP contribution in [-0.4, -0.2) is 17.4 Å². The van der Waals surface area contributed by atoms with Gasteiger partial charge in [-0.2, -0.15) is 10.5 Å². The van der Waals surface area contributed by atoms with Gasteiger partial charge in [-0.1, -0.05) is 26.1 Å². The first-order valence-electron chi connectivity index (χ1n) is 4.47. The Morgan fingerprint density at radius 1 is 1.27 bits per heavy atom. The first kappa shape index (κ1) is 11.2. The van der Waals surface area contributed by atoms with Crippen molar-refractivity contribution in [1.29, 1.82) is 0 Å². The summed E-state index contributed by atoms with van der Waals surface area (Å²) in [6.07, 6.45) is 3.71. The minimum Gasteiger partial charge on any atom is -0.193 e. The summed E-state index contributed by atoms with van der Waals surface area (Å²) in [5.41, 5.74) is 0. The smallest absolute Gasteiger partial charge is 0.00970 e. The molecule has 0 fully saturated rings. The Bertz CT molecular complexity index is 125. The molecule has 2 atom stereocenters. The first-order chi connectivity index (χ1) is 5.06. The lowest BCUT2D eigenvalue weighted by Gasteiger charge is -2.14. The first-order valence-corrected chi connectivity index (χ1v) is 6.33. The Labute approximate surface area is 74.3 Å². The molecule has 11 heavy (non-hydrogen) atoms. The van der Waals surface area contributed by atoms with Gasteiger partial charge < -0.3 is 0 Å². The Morgan fingerprint density at radius 3 is 2.18 bits per heavy atom. The molecule has 0 radical (unpaired) electrons. The molecule has 0 aromatic rings.